The maximum absolute atomic E-state index is 11.1. The molecule has 0 aromatic heterocycles. The van der Waals surface area contributed by atoms with Gasteiger partial charge in [-0.3, -0.25) is 14.9 Å². The van der Waals surface area contributed by atoms with E-state index in [2.05, 4.69) is 5.16 Å². The average molecular weight is 256 g/mol. The van der Waals surface area contributed by atoms with Gasteiger partial charge in [0.25, 0.3) is 6.04 Å². The number of nitro groups is 1. The molecule has 1 fully saturated rings. The summed E-state index contributed by atoms with van der Waals surface area (Å²) in [6.07, 6.45) is 3.28. The molecule has 0 N–H and O–H groups in total. The van der Waals surface area contributed by atoms with Crippen molar-refractivity contribution in [1.82, 2.24) is 0 Å². The molecular weight excluding hydrogens is 240 g/mol. The van der Waals surface area contributed by atoms with E-state index in [9.17, 15) is 14.9 Å². The normalized spacial score (nSPS) is 30.7. The van der Waals surface area contributed by atoms with Gasteiger partial charge in [0.05, 0.1) is 5.71 Å². The molecule has 0 saturated heterocycles. The molecule has 1 saturated carbocycles. The lowest BCUT2D eigenvalue weighted by Gasteiger charge is -2.32. The largest absolute Gasteiger partial charge is 0.460 e. The summed E-state index contributed by atoms with van der Waals surface area (Å²) in [7, 11) is 0. The zero-order chi connectivity index (χ0) is 13.2. The third-order valence-corrected chi connectivity index (χ3v) is 3.49. The summed E-state index contributed by atoms with van der Waals surface area (Å²) < 4.78 is 4.84. The maximum atomic E-state index is 11.1. The molecular formula is C11H16N2O5. The number of carbonyl (C=O) groups excluding carboxylic acids is 1. The van der Waals surface area contributed by atoms with E-state index in [1.54, 1.807) is 0 Å². The summed E-state index contributed by atoms with van der Waals surface area (Å²) in [6, 6.07) is -0.718. The monoisotopic (exact) mass is 256 g/mol. The summed E-state index contributed by atoms with van der Waals surface area (Å²) in [5.41, 5.74) is -0.254. The Bertz CT molecular complexity index is 395. The van der Waals surface area contributed by atoms with Gasteiger partial charge in [0.2, 0.25) is 5.60 Å². The van der Waals surface area contributed by atoms with E-state index in [1.807, 2.05) is 0 Å². The number of carbonyl (C=O) groups is 1. The standard InChI is InChI=1S/C11H16N2O5/c1-8(14)17-7-9-6-11(18-12-9)5-3-2-4-10(11)13(15)16/h10H,2-7H2,1H3. The van der Waals surface area contributed by atoms with Crippen LogP contribution in [-0.4, -0.2) is 34.9 Å². The molecule has 2 unspecified atom stereocenters. The number of esters is 1. The zero-order valence-electron chi connectivity index (χ0n) is 10.3. The first-order chi connectivity index (χ1) is 8.53. The van der Waals surface area contributed by atoms with E-state index in [-0.39, 0.29) is 11.5 Å². The van der Waals surface area contributed by atoms with Crippen LogP contribution in [0, 0.1) is 10.1 Å². The average Bonchev–Trinajstić information content (AvgIpc) is 2.71. The van der Waals surface area contributed by atoms with E-state index in [4.69, 9.17) is 9.57 Å². The first-order valence-electron chi connectivity index (χ1n) is 6.04. The molecule has 1 spiro atoms. The van der Waals surface area contributed by atoms with Crippen LogP contribution in [0.5, 0.6) is 0 Å². The van der Waals surface area contributed by atoms with Gasteiger partial charge in [0.15, 0.2) is 0 Å². The van der Waals surface area contributed by atoms with Crippen LogP contribution in [0.4, 0.5) is 0 Å². The topological polar surface area (TPSA) is 91.0 Å². The van der Waals surface area contributed by atoms with Gasteiger partial charge in [-0.25, -0.2) is 0 Å². The third-order valence-electron chi connectivity index (χ3n) is 3.49. The van der Waals surface area contributed by atoms with E-state index in [0.717, 1.165) is 12.8 Å². The number of nitrogens with zero attached hydrogens (tertiary/aromatic N) is 2. The second kappa shape index (κ2) is 4.91. The number of oxime groups is 1. The number of rotatable bonds is 3. The minimum Gasteiger partial charge on any atom is -0.460 e. The predicted molar refractivity (Wildman–Crippen MR) is 61.8 cm³/mol. The molecule has 2 aliphatic rings. The summed E-state index contributed by atoms with van der Waals surface area (Å²) in [4.78, 5) is 26.9. The molecule has 18 heavy (non-hydrogen) atoms. The molecule has 0 aromatic rings. The molecule has 7 nitrogen and oxygen atoms in total. The van der Waals surface area contributed by atoms with Crippen molar-refractivity contribution in [3.05, 3.63) is 10.1 Å². The Kier molecular flexibility index (Phi) is 3.49. The predicted octanol–water partition coefficient (Wildman–Crippen LogP) is 1.28. The van der Waals surface area contributed by atoms with Crippen molar-refractivity contribution in [2.24, 2.45) is 5.16 Å². The van der Waals surface area contributed by atoms with Crippen LogP contribution >= 0.6 is 0 Å². The van der Waals surface area contributed by atoms with Crippen molar-refractivity contribution < 1.29 is 19.3 Å². The van der Waals surface area contributed by atoms with Crippen LogP contribution in [0.2, 0.25) is 0 Å². The third kappa shape index (κ3) is 2.44. The number of hydrogen-bond donors (Lipinski definition) is 0. The zero-order valence-corrected chi connectivity index (χ0v) is 10.3. The van der Waals surface area contributed by atoms with Crippen molar-refractivity contribution in [2.45, 2.75) is 50.7 Å². The van der Waals surface area contributed by atoms with Gasteiger partial charge in [-0.15, -0.1) is 0 Å². The van der Waals surface area contributed by atoms with Crippen LogP contribution in [0.3, 0.4) is 0 Å². The molecule has 0 aromatic carbocycles. The van der Waals surface area contributed by atoms with Crippen LogP contribution in [0.25, 0.3) is 0 Å². The molecule has 0 amide bonds. The molecule has 1 aliphatic heterocycles. The lowest BCUT2D eigenvalue weighted by atomic mass is 9.78. The fourth-order valence-electron chi connectivity index (χ4n) is 2.63. The highest BCUT2D eigenvalue weighted by molar-refractivity contribution is 5.88. The minimum absolute atomic E-state index is 0.0571. The smallest absolute Gasteiger partial charge is 0.303 e. The SMILES string of the molecule is CC(=O)OCC1=NOC2(CCCCC2[N+](=O)[O-])C1. The Morgan fingerprint density at radius 1 is 1.67 bits per heavy atom. The molecule has 2 rings (SSSR count). The van der Waals surface area contributed by atoms with Gasteiger partial charge in [-0.05, 0) is 19.3 Å². The molecule has 100 valence electrons. The molecule has 0 bridgehead atoms. The summed E-state index contributed by atoms with van der Waals surface area (Å²) in [5, 5.41) is 14.9. The lowest BCUT2D eigenvalue weighted by molar-refractivity contribution is -0.550. The van der Waals surface area contributed by atoms with Crippen LogP contribution in [0.15, 0.2) is 5.16 Å². The quantitative estimate of drug-likeness (QED) is 0.431. The number of ether oxygens (including phenoxy) is 1. The molecule has 1 aliphatic carbocycles. The van der Waals surface area contributed by atoms with Crippen molar-refractivity contribution >= 4 is 11.7 Å². The number of hydrogen-bond acceptors (Lipinski definition) is 6. The molecule has 2 atom stereocenters. The Hall–Kier alpha value is -1.66. The van der Waals surface area contributed by atoms with Crippen molar-refractivity contribution in [3.63, 3.8) is 0 Å². The summed E-state index contributed by atoms with van der Waals surface area (Å²) in [5.74, 6) is -0.395. The van der Waals surface area contributed by atoms with Crippen molar-refractivity contribution in [3.8, 4) is 0 Å². The van der Waals surface area contributed by atoms with E-state index in [0.29, 0.717) is 25.0 Å². The fourth-order valence-corrected chi connectivity index (χ4v) is 2.63. The van der Waals surface area contributed by atoms with Crippen LogP contribution < -0.4 is 0 Å². The Morgan fingerprint density at radius 3 is 3.11 bits per heavy atom. The van der Waals surface area contributed by atoms with Crippen LogP contribution in [-0.2, 0) is 14.4 Å². The van der Waals surface area contributed by atoms with Gasteiger partial charge in [0, 0.05) is 24.7 Å². The highest BCUT2D eigenvalue weighted by Gasteiger charge is 2.54. The Morgan fingerprint density at radius 2 is 2.44 bits per heavy atom. The highest BCUT2D eigenvalue weighted by atomic mass is 16.7. The highest BCUT2D eigenvalue weighted by Crippen LogP contribution is 2.40. The molecule has 0 radical (unpaired) electrons. The fraction of sp³-hybridized carbons (Fsp3) is 0.818. The second-order valence-corrected chi connectivity index (χ2v) is 4.82. The second-order valence-electron chi connectivity index (χ2n) is 4.82. The van der Waals surface area contributed by atoms with Crippen molar-refractivity contribution in [2.75, 3.05) is 6.61 Å². The first kappa shape index (κ1) is 12.8. The van der Waals surface area contributed by atoms with E-state index < -0.39 is 17.6 Å². The lowest BCUT2D eigenvalue weighted by Crippen LogP contribution is -2.49. The van der Waals surface area contributed by atoms with Gasteiger partial charge in [-0.2, -0.15) is 0 Å². The van der Waals surface area contributed by atoms with Gasteiger partial charge in [-0.1, -0.05) is 5.16 Å². The summed E-state index contributed by atoms with van der Waals surface area (Å²) >= 11 is 0. The Labute approximate surface area is 104 Å². The maximum Gasteiger partial charge on any atom is 0.303 e. The van der Waals surface area contributed by atoms with Gasteiger partial charge < -0.3 is 9.57 Å². The summed E-state index contributed by atoms with van der Waals surface area (Å²) in [6.45, 7) is 1.37. The van der Waals surface area contributed by atoms with E-state index >= 15 is 0 Å². The minimum atomic E-state index is -0.822. The first-order valence-corrected chi connectivity index (χ1v) is 6.04. The van der Waals surface area contributed by atoms with Gasteiger partial charge >= 0.3 is 5.97 Å². The van der Waals surface area contributed by atoms with Crippen LogP contribution in [0.1, 0.15) is 39.0 Å². The Balaban J connectivity index is 2.01. The van der Waals surface area contributed by atoms with Gasteiger partial charge in [0.1, 0.15) is 6.61 Å². The van der Waals surface area contributed by atoms with Crippen molar-refractivity contribution in [1.29, 1.82) is 0 Å². The molecule has 7 heteroatoms. The molecule has 1 heterocycles. The van der Waals surface area contributed by atoms with E-state index in [1.165, 1.54) is 6.92 Å².